The van der Waals surface area contributed by atoms with Crippen LogP contribution in [-0.2, 0) is 32.1 Å². The van der Waals surface area contributed by atoms with Crippen molar-refractivity contribution in [1.29, 1.82) is 0 Å². The summed E-state index contributed by atoms with van der Waals surface area (Å²) in [6.45, 7) is 6.68. The fourth-order valence-corrected chi connectivity index (χ4v) is 8.30. The van der Waals surface area contributed by atoms with Gasteiger partial charge >= 0.3 is 12.2 Å². The molecule has 6 N–H and O–H groups in total. The first-order valence-corrected chi connectivity index (χ1v) is 21.0. The minimum Gasteiger partial charge on any atom is -0.465 e. The summed E-state index contributed by atoms with van der Waals surface area (Å²) in [6.07, 6.45) is 4.87. The number of hydrogen-bond donors (Lipinski definition) is 6. The van der Waals surface area contributed by atoms with E-state index >= 15 is 0 Å². The summed E-state index contributed by atoms with van der Waals surface area (Å²) in [5, 5.41) is 17.5. The van der Waals surface area contributed by atoms with Gasteiger partial charge in [0.25, 0.3) is 0 Å². The number of H-pyrrole nitrogens is 2. The number of ether oxygens (including phenoxy) is 1. The van der Waals surface area contributed by atoms with Crippen molar-refractivity contribution in [2.45, 2.75) is 83.6 Å². The molecule has 16 nitrogen and oxygen atoms in total. The lowest BCUT2D eigenvalue weighted by atomic mass is 10.0. The zero-order valence-electron chi connectivity index (χ0n) is 35.3. The van der Waals surface area contributed by atoms with E-state index in [4.69, 9.17) is 4.74 Å². The molecule has 5 aromatic rings. The van der Waals surface area contributed by atoms with Crippen LogP contribution in [0.15, 0.2) is 85.2 Å². The Balaban J connectivity index is 0.984. The lowest BCUT2D eigenvalue weighted by molar-refractivity contribution is -0.135. The van der Waals surface area contributed by atoms with Gasteiger partial charge in [0, 0.05) is 33.0 Å². The van der Waals surface area contributed by atoms with Gasteiger partial charge in [-0.15, -0.1) is 0 Å². The third-order valence-electron chi connectivity index (χ3n) is 11.6. The number of likely N-dealkylation sites (tertiary alicyclic amines) is 2. The molecule has 16 heteroatoms. The molecule has 62 heavy (non-hydrogen) atoms. The van der Waals surface area contributed by atoms with Crippen LogP contribution in [0.3, 0.4) is 0 Å². The summed E-state index contributed by atoms with van der Waals surface area (Å²) in [5.74, 6) is 0.641. The number of amides is 5. The minimum atomic E-state index is -1.27. The Morgan fingerprint density at radius 3 is 1.68 bits per heavy atom. The predicted octanol–water partition coefficient (Wildman–Crippen LogP) is 6.36. The Morgan fingerprint density at radius 2 is 1.21 bits per heavy atom. The average molecular weight is 844 g/mol. The van der Waals surface area contributed by atoms with Gasteiger partial charge in [0.15, 0.2) is 0 Å². The summed E-state index contributed by atoms with van der Waals surface area (Å²) >= 11 is 0. The third-order valence-corrected chi connectivity index (χ3v) is 11.6. The second-order valence-electron chi connectivity index (χ2n) is 16.2. The lowest BCUT2D eigenvalue weighted by Crippen LogP contribution is -2.51. The molecule has 2 fully saturated rings. The van der Waals surface area contributed by atoms with E-state index in [9.17, 15) is 29.1 Å². The number of methoxy groups -OCH3 is 1. The molecule has 0 spiro atoms. The zero-order chi connectivity index (χ0) is 43.9. The lowest BCUT2D eigenvalue weighted by Gasteiger charge is -2.30. The first kappa shape index (κ1) is 43.1. The smallest absolute Gasteiger partial charge is 0.407 e. The van der Waals surface area contributed by atoms with Crippen LogP contribution in [-0.4, -0.2) is 97.0 Å². The first-order chi connectivity index (χ1) is 29.9. The molecule has 1 unspecified atom stereocenters. The van der Waals surface area contributed by atoms with Gasteiger partial charge in [0.05, 0.1) is 43.0 Å². The zero-order valence-corrected chi connectivity index (χ0v) is 35.3. The first-order valence-electron chi connectivity index (χ1n) is 21.0. The molecule has 4 heterocycles. The second-order valence-corrected chi connectivity index (χ2v) is 16.2. The molecule has 0 bridgehead atoms. The summed E-state index contributed by atoms with van der Waals surface area (Å²) < 4.78 is 4.76. The van der Waals surface area contributed by atoms with Crippen molar-refractivity contribution < 1.29 is 33.8 Å². The molecule has 0 aliphatic carbocycles. The number of aromatic nitrogens is 4. The Morgan fingerprint density at radius 1 is 0.726 bits per heavy atom. The summed E-state index contributed by atoms with van der Waals surface area (Å²) in [7, 11) is 1.28. The monoisotopic (exact) mass is 843 g/mol. The number of hydrogen-bond acceptors (Lipinski definition) is 8. The summed E-state index contributed by atoms with van der Waals surface area (Å²) in [5.41, 5.74) is 7.27. The summed E-state index contributed by atoms with van der Waals surface area (Å²) in [4.78, 5) is 82.2. The van der Waals surface area contributed by atoms with Gasteiger partial charge in [-0.2, -0.15) is 0 Å². The normalized spacial score (nSPS) is 17.1. The Hall–Kier alpha value is -6.97. The molecule has 3 aromatic carbocycles. The van der Waals surface area contributed by atoms with Crippen molar-refractivity contribution in [2.24, 2.45) is 5.92 Å². The van der Waals surface area contributed by atoms with E-state index in [1.54, 1.807) is 22.2 Å². The van der Waals surface area contributed by atoms with Gasteiger partial charge in [-0.05, 0) is 65.0 Å². The molecule has 2 aromatic heterocycles. The number of carboxylic acid groups (broad SMARTS) is 1. The van der Waals surface area contributed by atoms with E-state index < -0.39 is 24.3 Å². The van der Waals surface area contributed by atoms with Crippen LogP contribution in [0.4, 0.5) is 9.59 Å². The van der Waals surface area contributed by atoms with Gasteiger partial charge in [-0.1, -0.05) is 86.6 Å². The van der Waals surface area contributed by atoms with Crippen LogP contribution in [0.1, 0.15) is 81.3 Å². The number of aromatic amines is 2. The average Bonchev–Trinajstić information content (AvgIpc) is 4.12. The molecule has 0 radical (unpaired) electrons. The molecule has 2 aliphatic heterocycles. The molecule has 5 amide bonds. The van der Waals surface area contributed by atoms with E-state index in [-0.39, 0.29) is 42.1 Å². The van der Waals surface area contributed by atoms with Crippen molar-refractivity contribution in [3.8, 4) is 33.6 Å². The third kappa shape index (κ3) is 9.96. The fourth-order valence-electron chi connectivity index (χ4n) is 8.30. The SMILES string of the molecule is COC(=O)N[C@H](C(=O)N1CCCC1c1ncc(-c2ccc(-c3ccc(-c4cnc([C@@H]5CCCN5C(=O)[C@H](Cc5ccc(CNC(C)=O)cc5)NC(=O)O)[nH]4)cc3)cc2)[nH]1)C(C)C. The quantitative estimate of drug-likeness (QED) is 0.0733. The number of carbonyl (C=O) groups excluding carboxylic acids is 4. The number of nitrogens with zero attached hydrogens (tertiary/aromatic N) is 4. The van der Waals surface area contributed by atoms with Crippen molar-refractivity contribution in [1.82, 2.24) is 45.7 Å². The predicted molar refractivity (Wildman–Crippen MR) is 231 cm³/mol. The van der Waals surface area contributed by atoms with E-state index in [0.29, 0.717) is 37.7 Å². The van der Waals surface area contributed by atoms with Gasteiger partial charge in [0.2, 0.25) is 17.7 Å². The van der Waals surface area contributed by atoms with E-state index in [0.717, 1.165) is 64.0 Å². The molecule has 2 aliphatic rings. The maximum absolute atomic E-state index is 13.9. The highest BCUT2D eigenvalue weighted by atomic mass is 16.5. The molecule has 324 valence electrons. The van der Waals surface area contributed by atoms with E-state index in [2.05, 4.69) is 48.0 Å². The fraction of sp³-hybridized carbons (Fsp3) is 0.370. The van der Waals surface area contributed by atoms with Crippen LogP contribution in [0.2, 0.25) is 0 Å². The minimum absolute atomic E-state index is 0.118. The van der Waals surface area contributed by atoms with Crippen molar-refractivity contribution in [3.05, 3.63) is 108 Å². The molecular weight excluding hydrogens is 791 g/mol. The molecular formula is C46H53N9O7. The highest BCUT2D eigenvalue weighted by molar-refractivity contribution is 5.87. The Kier molecular flexibility index (Phi) is 13.3. The number of carbonyl (C=O) groups is 5. The van der Waals surface area contributed by atoms with Crippen LogP contribution in [0, 0.1) is 5.92 Å². The van der Waals surface area contributed by atoms with Gasteiger partial charge < -0.3 is 45.6 Å². The van der Waals surface area contributed by atoms with Crippen molar-refractivity contribution >= 4 is 29.9 Å². The van der Waals surface area contributed by atoms with Gasteiger partial charge in [-0.3, -0.25) is 14.4 Å². The van der Waals surface area contributed by atoms with Crippen LogP contribution in [0.5, 0.6) is 0 Å². The Bertz CT molecular complexity index is 2370. The number of imidazole rings is 2. The van der Waals surface area contributed by atoms with E-state index in [1.165, 1.54) is 14.0 Å². The standard InChI is InChI=1S/C46H53N9O7/c1-27(2)40(53-46(61)62-4)44(58)55-22-6-8-39(55)42-49-26-37(51-42)34-19-15-32(16-20-34)31-13-17-33(18-14-31)36-25-48-41(50-36)38-7-5-21-54(38)43(57)35(52-45(59)60)23-29-9-11-30(12-10-29)24-47-28(3)56/h9-20,25-27,35,38-40,52H,5-8,21-24H2,1-4H3,(H,47,56)(H,48,50)(H,49,51)(H,53,61)(H,59,60)/t35-,38-,39?,40-/m0/s1. The van der Waals surface area contributed by atoms with E-state index in [1.807, 2.05) is 74.5 Å². The maximum Gasteiger partial charge on any atom is 0.407 e. The molecule has 2 saturated heterocycles. The highest BCUT2D eigenvalue weighted by Crippen LogP contribution is 2.35. The molecule has 7 rings (SSSR count). The number of benzene rings is 3. The van der Waals surface area contributed by atoms with Crippen molar-refractivity contribution in [3.63, 3.8) is 0 Å². The van der Waals surface area contributed by atoms with Crippen LogP contribution in [0.25, 0.3) is 33.6 Å². The number of rotatable bonds is 14. The summed E-state index contributed by atoms with van der Waals surface area (Å²) in [6, 6.07) is 21.5. The number of nitrogens with one attached hydrogen (secondary N) is 5. The molecule has 4 atom stereocenters. The largest absolute Gasteiger partial charge is 0.465 e. The Labute approximate surface area is 359 Å². The van der Waals surface area contributed by atoms with Crippen LogP contribution < -0.4 is 16.0 Å². The van der Waals surface area contributed by atoms with Crippen LogP contribution >= 0.6 is 0 Å². The van der Waals surface area contributed by atoms with Gasteiger partial charge in [-0.25, -0.2) is 19.6 Å². The topological polar surface area (TPSA) is 215 Å². The maximum atomic E-state index is 13.9. The number of alkyl carbamates (subject to hydrolysis) is 1. The molecule has 0 saturated carbocycles. The highest BCUT2D eigenvalue weighted by Gasteiger charge is 2.38. The second kappa shape index (κ2) is 19.2. The van der Waals surface area contributed by atoms with Gasteiger partial charge in [0.1, 0.15) is 23.7 Å². The van der Waals surface area contributed by atoms with Crippen molar-refractivity contribution in [2.75, 3.05) is 20.2 Å².